The zero-order valence-electron chi connectivity index (χ0n) is 17.4. The van der Waals surface area contributed by atoms with Crippen LogP contribution in [0.3, 0.4) is 0 Å². The van der Waals surface area contributed by atoms with Gasteiger partial charge in [-0.1, -0.05) is 0 Å². The fraction of sp³-hybridized carbons (Fsp3) is 1.00. The summed E-state index contributed by atoms with van der Waals surface area (Å²) in [6, 6.07) is 0. The highest BCUT2D eigenvalue weighted by Gasteiger charge is 2.52. The van der Waals surface area contributed by atoms with E-state index in [1.807, 2.05) is 0 Å². The van der Waals surface area contributed by atoms with Gasteiger partial charge in [-0.3, -0.25) is 0 Å². The van der Waals surface area contributed by atoms with Crippen LogP contribution in [0.5, 0.6) is 0 Å². The Morgan fingerprint density at radius 1 is 0.562 bits per heavy atom. The predicted octanol–water partition coefficient (Wildman–Crippen LogP) is -5.52. The van der Waals surface area contributed by atoms with E-state index in [2.05, 4.69) is 0 Å². The summed E-state index contributed by atoms with van der Waals surface area (Å²) in [6.45, 7) is 2.13. The Labute approximate surface area is 183 Å². The molecule has 0 saturated carbocycles. The molecule has 0 aromatic rings. The highest BCUT2D eigenvalue weighted by Crippen LogP contribution is 2.32. The van der Waals surface area contributed by atoms with E-state index in [1.165, 1.54) is 13.8 Å². The third-order valence-corrected chi connectivity index (χ3v) is 6.01. The van der Waals surface area contributed by atoms with Gasteiger partial charge >= 0.3 is 0 Å². The van der Waals surface area contributed by atoms with Gasteiger partial charge in [0.25, 0.3) is 0 Å². The monoisotopic (exact) mass is 472 g/mol. The molecule has 0 amide bonds. The van der Waals surface area contributed by atoms with Crippen LogP contribution in [0, 0.1) is 0 Å². The van der Waals surface area contributed by atoms with Crippen molar-refractivity contribution in [3.05, 3.63) is 0 Å². The third kappa shape index (κ3) is 4.94. The summed E-state index contributed by atoms with van der Waals surface area (Å²) in [6.07, 6.45) is -22.5. The molecule has 188 valence electrons. The topological polar surface area (TPSA) is 228 Å². The van der Waals surface area contributed by atoms with Crippen LogP contribution < -0.4 is 0 Å². The first kappa shape index (κ1) is 26.1. The van der Waals surface area contributed by atoms with E-state index in [0.717, 1.165) is 0 Å². The molecule has 3 heterocycles. The minimum Gasteiger partial charge on any atom is -0.394 e. The number of rotatable bonds is 5. The van der Waals surface area contributed by atoms with E-state index in [1.54, 1.807) is 0 Å². The SMILES string of the molecule is CC1OC(OC2C(OC3C(CO)OC(O)C(O)C3O)OC(C)C(O)C2O)C(O)C(O)C1O. The van der Waals surface area contributed by atoms with Crippen LogP contribution in [0.25, 0.3) is 0 Å². The van der Waals surface area contributed by atoms with Crippen molar-refractivity contribution in [3.8, 4) is 0 Å². The smallest absolute Gasteiger partial charge is 0.187 e. The van der Waals surface area contributed by atoms with Gasteiger partial charge in [-0.25, -0.2) is 0 Å². The zero-order chi connectivity index (χ0) is 23.9. The fourth-order valence-corrected chi connectivity index (χ4v) is 3.93. The fourth-order valence-electron chi connectivity index (χ4n) is 3.93. The Bertz CT molecular complexity index is 608. The van der Waals surface area contributed by atoms with E-state index in [4.69, 9.17) is 23.7 Å². The highest BCUT2D eigenvalue weighted by atomic mass is 16.8. The van der Waals surface area contributed by atoms with Gasteiger partial charge in [0, 0.05) is 0 Å². The van der Waals surface area contributed by atoms with Gasteiger partial charge in [0.1, 0.15) is 61.0 Å². The second kappa shape index (κ2) is 10.4. The van der Waals surface area contributed by atoms with E-state index in [9.17, 15) is 46.0 Å². The Balaban J connectivity index is 1.81. The molecule has 3 fully saturated rings. The Kier molecular flexibility index (Phi) is 8.44. The summed E-state index contributed by atoms with van der Waals surface area (Å²) in [5.41, 5.74) is 0. The number of hydrogen-bond acceptors (Lipinski definition) is 14. The van der Waals surface area contributed by atoms with Gasteiger partial charge < -0.3 is 69.6 Å². The van der Waals surface area contributed by atoms with Crippen LogP contribution in [0.4, 0.5) is 0 Å². The lowest BCUT2D eigenvalue weighted by molar-refractivity contribution is -0.383. The first-order valence-corrected chi connectivity index (χ1v) is 10.3. The second-order valence-corrected chi connectivity index (χ2v) is 8.30. The van der Waals surface area contributed by atoms with Crippen LogP contribution in [0.2, 0.25) is 0 Å². The standard InChI is InChI=1S/C18H32O14/c1-4-7(20)9(22)13(26)17(28-4)32-15-10(23)8(21)5(2)29-18(15)31-14-6(3-19)30-16(27)12(25)11(14)24/h4-27H,3H2,1-2H3. The summed E-state index contributed by atoms with van der Waals surface area (Å²) in [5, 5.41) is 90.2. The van der Waals surface area contributed by atoms with E-state index in [0.29, 0.717) is 0 Å². The minimum absolute atomic E-state index is 0.712. The second-order valence-electron chi connectivity index (χ2n) is 8.30. The van der Waals surface area contributed by atoms with Crippen molar-refractivity contribution in [3.63, 3.8) is 0 Å². The molecule has 9 N–H and O–H groups in total. The highest BCUT2D eigenvalue weighted by molar-refractivity contribution is 4.95. The summed E-state index contributed by atoms with van der Waals surface area (Å²) in [4.78, 5) is 0. The number of hydrogen-bond donors (Lipinski definition) is 9. The Morgan fingerprint density at radius 2 is 1.06 bits per heavy atom. The average molecular weight is 472 g/mol. The molecule has 14 heteroatoms. The van der Waals surface area contributed by atoms with Gasteiger partial charge in [0.2, 0.25) is 0 Å². The van der Waals surface area contributed by atoms with Crippen molar-refractivity contribution in [2.45, 2.75) is 106 Å². The van der Waals surface area contributed by atoms with Crippen molar-refractivity contribution in [2.75, 3.05) is 6.61 Å². The van der Waals surface area contributed by atoms with Gasteiger partial charge in [0.05, 0.1) is 18.8 Å². The Morgan fingerprint density at radius 3 is 1.66 bits per heavy atom. The van der Waals surface area contributed by atoms with Gasteiger partial charge in [-0.2, -0.15) is 0 Å². The van der Waals surface area contributed by atoms with E-state index in [-0.39, 0.29) is 0 Å². The lowest BCUT2D eigenvalue weighted by Gasteiger charge is -2.47. The van der Waals surface area contributed by atoms with Crippen molar-refractivity contribution in [2.24, 2.45) is 0 Å². The van der Waals surface area contributed by atoms with Crippen LogP contribution in [0.15, 0.2) is 0 Å². The summed E-state index contributed by atoms with van der Waals surface area (Å²) in [5.74, 6) is 0. The number of ether oxygens (including phenoxy) is 5. The quantitative estimate of drug-likeness (QED) is 0.182. The molecule has 3 aliphatic heterocycles. The molecule has 0 aromatic carbocycles. The lowest BCUT2D eigenvalue weighted by atomic mass is 9.96. The summed E-state index contributed by atoms with van der Waals surface area (Å²) < 4.78 is 27.1. The number of aliphatic hydroxyl groups is 9. The molecule has 0 spiro atoms. The van der Waals surface area contributed by atoms with Gasteiger partial charge in [0.15, 0.2) is 18.9 Å². The maximum absolute atomic E-state index is 10.6. The maximum atomic E-state index is 10.6. The molecule has 14 nitrogen and oxygen atoms in total. The molecule has 0 bridgehead atoms. The van der Waals surface area contributed by atoms with Crippen molar-refractivity contribution in [1.82, 2.24) is 0 Å². The molecule has 15 atom stereocenters. The minimum atomic E-state index is -1.78. The van der Waals surface area contributed by atoms with Crippen molar-refractivity contribution < 1.29 is 69.6 Å². The van der Waals surface area contributed by atoms with E-state index < -0.39 is 98.7 Å². The van der Waals surface area contributed by atoms with Crippen molar-refractivity contribution >= 4 is 0 Å². The molecular weight excluding hydrogens is 440 g/mol. The first-order chi connectivity index (χ1) is 15.0. The first-order valence-electron chi connectivity index (χ1n) is 10.3. The normalized spacial score (nSPS) is 55.0. The third-order valence-electron chi connectivity index (χ3n) is 6.01. The van der Waals surface area contributed by atoms with E-state index >= 15 is 0 Å². The molecule has 15 unspecified atom stereocenters. The summed E-state index contributed by atoms with van der Waals surface area (Å²) in [7, 11) is 0. The van der Waals surface area contributed by atoms with Gasteiger partial charge in [-0.15, -0.1) is 0 Å². The zero-order valence-corrected chi connectivity index (χ0v) is 17.4. The van der Waals surface area contributed by atoms with Crippen LogP contribution >= 0.6 is 0 Å². The molecule has 3 rings (SSSR count). The molecule has 0 radical (unpaired) electrons. The molecule has 0 aliphatic carbocycles. The van der Waals surface area contributed by atoms with Crippen LogP contribution in [-0.2, 0) is 23.7 Å². The molecular formula is C18H32O14. The number of aliphatic hydroxyl groups excluding tert-OH is 9. The molecule has 3 saturated heterocycles. The van der Waals surface area contributed by atoms with Gasteiger partial charge in [-0.05, 0) is 13.8 Å². The summed E-state index contributed by atoms with van der Waals surface area (Å²) >= 11 is 0. The lowest BCUT2D eigenvalue weighted by Crippen LogP contribution is -2.66. The molecule has 3 aliphatic rings. The largest absolute Gasteiger partial charge is 0.394 e. The van der Waals surface area contributed by atoms with Crippen LogP contribution in [-0.4, -0.2) is 145 Å². The molecule has 0 aromatic heterocycles. The average Bonchev–Trinajstić information content (AvgIpc) is 2.76. The maximum Gasteiger partial charge on any atom is 0.187 e. The van der Waals surface area contributed by atoms with Crippen molar-refractivity contribution in [1.29, 1.82) is 0 Å². The van der Waals surface area contributed by atoms with Crippen LogP contribution in [0.1, 0.15) is 13.8 Å². The predicted molar refractivity (Wildman–Crippen MR) is 98.4 cm³/mol. The molecule has 32 heavy (non-hydrogen) atoms. The Hall–Kier alpha value is -0.560.